The largest absolute Gasteiger partial charge is 0.394 e. The number of pyridine rings is 1. The van der Waals surface area contributed by atoms with Gasteiger partial charge in [0.2, 0.25) is 0 Å². The summed E-state index contributed by atoms with van der Waals surface area (Å²) in [5.41, 5.74) is 0.596. The Morgan fingerprint density at radius 2 is 2.32 bits per heavy atom. The number of carbonyl (C=O) groups is 1. The lowest BCUT2D eigenvalue weighted by Gasteiger charge is -2.13. The van der Waals surface area contributed by atoms with Crippen LogP contribution in [-0.2, 0) is 0 Å². The van der Waals surface area contributed by atoms with Crippen molar-refractivity contribution in [2.45, 2.75) is 19.4 Å². The standard InChI is InChI=1S/C14H15FN2O2/c1-2-11(8-18)17-14(19)10-6-9-4-3-5-12(15)13(9)16-7-10/h3-7,11,18H,2,8H2,1H3,(H,17,19). The van der Waals surface area contributed by atoms with E-state index in [1.807, 2.05) is 6.92 Å². The number of fused-ring (bicyclic) bond motifs is 1. The summed E-state index contributed by atoms with van der Waals surface area (Å²) in [5, 5.41) is 12.3. The Labute approximate surface area is 110 Å². The van der Waals surface area contributed by atoms with E-state index < -0.39 is 5.82 Å². The molecule has 2 N–H and O–H groups in total. The Morgan fingerprint density at radius 1 is 1.53 bits per heavy atom. The van der Waals surface area contributed by atoms with Gasteiger partial charge in [0.25, 0.3) is 5.91 Å². The van der Waals surface area contributed by atoms with Gasteiger partial charge >= 0.3 is 0 Å². The van der Waals surface area contributed by atoms with Crippen molar-refractivity contribution in [2.24, 2.45) is 0 Å². The topological polar surface area (TPSA) is 62.2 Å². The molecule has 0 fully saturated rings. The number of carbonyl (C=O) groups excluding carboxylic acids is 1. The Bertz CT molecular complexity index is 597. The molecule has 2 aromatic rings. The number of aliphatic hydroxyl groups is 1. The first-order chi connectivity index (χ1) is 9.15. The van der Waals surface area contributed by atoms with Crippen LogP contribution in [0.5, 0.6) is 0 Å². The van der Waals surface area contributed by atoms with E-state index in [1.165, 1.54) is 12.3 Å². The second-order valence-corrected chi connectivity index (χ2v) is 4.30. The molecule has 0 saturated carbocycles. The number of hydrogen-bond donors (Lipinski definition) is 2. The molecule has 1 aromatic carbocycles. The number of para-hydroxylation sites is 1. The van der Waals surface area contributed by atoms with E-state index in [0.717, 1.165) is 0 Å². The lowest BCUT2D eigenvalue weighted by Crippen LogP contribution is -2.36. The molecule has 1 heterocycles. The van der Waals surface area contributed by atoms with Crippen molar-refractivity contribution in [3.05, 3.63) is 41.8 Å². The van der Waals surface area contributed by atoms with Crippen LogP contribution in [0.3, 0.4) is 0 Å². The molecule has 0 aliphatic rings. The van der Waals surface area contributed by atoms with E-state index in [1.54, 1.807) is 18.2 Å². The average molecular weight is 262 g/mol. The molecule has 0 saturated heterocycles. The summed E-state index contributed by atoms with van der Waals surface area (Å²) in [6.45, 7) is 1.76. The number of amides is 1. The maximum Gasteiger partial charge on any atom is 0.253 e. The molecule has 0 bridgehead atoms. The van der Waals surface area contributed by atoms with Crippen LogP contribution >= 0.6 is 0 Å². The molecule has 2 rings (SSSR count). The van der Waals surface area contributed by atoms with Gasteiger partial charge in [0, 0.05) is 11.6 Å². The van der Waals surface area contributed by atoms with E-state index in [0.29, 0.717) is 17.4 Å². The first-order valence-corrected chi connectivity index (χ1v) is 6.11. The summed E-state index contributed by atoms with van der Waals surface area (Å²) in [7, 11) is 0. The molecule has 1 atom stereocenters. The Kier molecular flexibility index (Phi) is 4.06. The predicted molar refractivity (Wildman–Crippen MR) is 70.3 cm³/mol. The summed E-state index contributed by atoms with van der Waals surface area (Å²) < 4.78 is 13.4. The summed E-state index contributed by atoms with van der Waals surface area (Å²) in [4.78, 5) is 15.9. The fourth-order valence-corrected chi connectivity index (χ4v) is 1.79. The highest BCUT2D eigenvalue weighted by Crippen LogP contribution is 2.16. The first-order valence-electron chi connectivity index (χ1n) is 6.11. The molecular weight excluding hydrogens is 247 g/mol. The number of nitrogens with one attached hydrogen (secondary N) is 1. The van der Waals surface area contributed by atoms with Gasteiger partial charge in [-0.3, -0.25) is 9.78 Å². The van der Waals surface area contributed by atoms with Gasteiger partial charge in [0.1, 0.15) is 11.3 Å². The summed E-state index contributed by atoms with van der Waals surface area (Å²) in [6.07, 6.45) is 1.97. The summed E-state index contributed by atoms with van der Waals surface area (Å²) >= 11 is 0. The third-order valence-electron chi connectivity index (χ3n) is 2.97. The van der Waals surface area contributed by atoms with E-state index in [9.17, 15) is 9.18 Å². The maximum atomic E-state index is 13.4. The smallest absolute Gasteiger partial charge is 0.253 e. The van der Waals surface area contributed by atoms with Crippen molar-refractivity contribution in [1.82, 2.24) is 10.3 Å². The van der Waals surface area contributed by atoms with Gasteiger partial charge < -0.3 is 10.4 Å². The molecule has 4 nitrogen and oxygen atoms in total. The van der Waals surface area contributed by atoms with Crippen LogP contribution in [-0.4, -0.2) is 28.6 Å². The third kappa shape index (κ3) is 2.88. The second-order valence-electron chi connectivity index (χ2n) is 4.30. The minimum atomic E-state index is -0.411. The number of benzene rings is 1. The highest BCUT2D eigenvalue weighted by molar-refractivity contribution is 5.97. The van der Waals surface area contributed by atoms with Crippen LogP contribution in [0.1, 0.15) is 23.7 Å². The Morgan fingerprint density at radius 3 is 3.00 bits per heavy atom. The van der Waals surface area contributed by atoms with Crippen molar-refractivity contribution < 1.29 is 14.3 Å². The zero-order valence-corrected chi connectivity index (χ0v) is 10.6. The van der Waals surface area contributed by atoms with Gasteiger partial charge in [-0.1, -0.05) is 19.1 Å². The zero-order valence-electron chi connectivity index (χ0n) is 10.6. The van der Waals surface area contributed by atoms with Crippen LogP contribution in [0.4, 0.5) is 4.39 Å². The molecule has 0 spiro atoms. The van der Waals surface area contributed by atoms with Crippen LogP contribution in [0.25, 0.3) is 10.9 Å². The molecule has 1 unspecified atom stereocenters. The SMILES string of the molecule is CCC(CO)NC(=O)c1cnc2c(F)cccc2c1. The average Bonchev–Trinajstić information content (AvgIpc) is 2.44. The van der Waals surface area contributed by atoms with Gasteiger partial charge in [0.05, 0.1) is 18.2 Å². The van der Waals surface area contributed by atoms with E-state index >= 15 is 0 Å². The highest BCUT2D eigenvalue weighted by atomic mass is 19.1. The quantitative estimate of drug-likeness (QED) is 0.884. The van der Waals surface area contributed by atoms with Crippen molar-refractivity contribution in [3.8, 4) is 0 Å². The lowest BCUT2D eigenvalue weighted by molar-refractivity contribution is 0.0914. The van der Waals surface area contributed by atoms with Gasteiger partial charge in [-0.05, 0) is 18.6 Å². The summed E-state index contributed by atoms with van der Waals surface area (Å²) in [5.74, 6) is -0.731. The van der Waals surface area contributed by atoms with E-state index in [2.05, 4.69) is 10.3 Å². The maximum absolute atomic E-state index is 13.4. The molecule has 1 aromatic heterocycles. The van der Waals surface area contributed by atoms with Crippen LogP contribution in [0.2, 0.25) is 0 Å². The normalized spacial score (nSPS) is 12.4. The number of rotatable bonds is 4. The molecule has 0 aliphatic carbocycles. The second kappa shape index (κ2) is 5.75. The van der Waals surface area contributed by atoms with E-state index in [-0.39, 0.29) is 24.1 Å². The highest BCUT2D eigenvalue weighted by Gasteiger charge is 2.12. The molecule has 0 radical (unpaired) electrons. The van der Waals surface area contributed by atoms with Gasteiger partial charge in [-0.15, -0.1) is 0 Å². The molecule has 1 amide bonds. The molecule has 19 heavy (non-hydrogen) atoms. The number of aliphatic hydroxyl groups excluding tert-OH is 1. The van der Waals surface area contributed by atoms with Crippen LogP contribution < -0.4 is 5.32 Å². The number of halogens is 1. The van der Waals surface area contributed by atoms with Crippen molar-refractivity contribution >= 4 is 16.8 Å². The summed E-state index contributed by atoms with van der Waals surface area (Å²) in [6, 6.07) is 5.91. The van der Waals surface area contributed by atoms with Crippen molar-refractivity contribution in [1.29, 1.82) is 0 Å². The van der Waals surface area contributed by atoms with Crippen molar-refractivity contribution in [3.63, 3.8) is 0 Å². The molecule has 0 aliphatic heterocycles. The minimum absolute atomic E-state index is 0.113. The predicted octanol–water partition coefficient (Wildman–Crippen LogP) is 1.87. The number of aromatic nitrogens is 1. The first kappa shape index (κ1) is 13.4. The fourth-order valence-electron chi connectivity index (χ4n) is 1.79. The van der Waals surface area contributed by atoms with Gasteiger partial charge in [0.15, 0.2) is 0 Å². The Hall–Kier alpha value is -2.01. The molecular formula is C14H15FN2O2. The minimum Gasteiger partial charge on any atom is -0.394 e. The fraction of sp³-hybridized carbons (Fsp3) is 0.286. The number of hydrogen-bond acceptors (Lipinski definition) is 3. The van der Waals surface area contributed by atoms with Gasteiger partial charge in [-0.2, -0.15) is 0 Å². The third-order valence-corrected chi connectivity index (χ3v) is 2.97. The van der Waals surface area contributed by atoms with E-state index in [4.69, 9.17) is 5.11 Å². The lowest BCUT2D eigenvalue weighted by atomic mass is 10.1. The molecule has 5 heteroatoms. The number of nitrogens with zero attached hydrogens (tertiary/aromatic N) is 1. The molecule has 100 valence electrons. The van der Waals surface area contributed by atoms with Crippen LogP contribution in [0.15, 0.2) is 30.5 Å². The Balaban J connectivity index is 2.28. The monoisotopic (exact) mass is 262 g/mol. The zero-order chi connectivity index (χ0) is 13.8. The van der Waals surface area contributed by atoms with Crippen molar-refractivity contribution in [2.75, 3.05) is 6.61 Å². The van der Waals surface area contributed by atoms with Gasteiger partial charge in [-0.25, -0.2) is 4.39 Å². The van der Waals surface area contributed by atoms with Crippen LogP contribution in [0, 0.1) is 5.82 Å².